The summed E-state index contributed by atoms with van der Waals surface area (Å²) >= 11 is 0. The van der Waals surface area contributed by atoms with Crippen LogP contribution in [0.1, 0.15) is 12.5 Å². The third kappa shape index (κ3) is 3.09. The average Bonchev–Trinajstić information content (AvgIpc) is 2.21. The summed E-state index contributed by atoms with van der Waals surface area (Å²) in [4.78, 5) is 0. The van der Waals surface area contributed by atoms with Gasteiger partial charge in [-0.1, -0.05) is 12.1 Å². The number of ether oxygens (including phenoxy) is 2. The first-order chi connectivity index (χ1) is 6.76. The van der Waals surface area contributed by atoms with Gasteiger partial charge in [0.1, 0.15) is 5.75 Å². The predicted molar refractivity (Wildman–Crippen MR) is 56.1 cm³/mol. The van der Waals surface area contributed by atoms with Crippen molar-refractivity contribution in [2.24, 2.45) is 0 Å². The Morgan fingerprint density at radius 2 is 1.93 bits per heavy atom. The van der Waals surface area contributed by atoms with E-state index in [1.165, 1.54) is 7.11 Å². The molecule has 0 amide bonds. The van der Waals surface area contributed by atoms with Crippen molar-refractivity contribution in [1.82, 2.24) is 0 Å². The lowest BCUT2D eigenvalue weighted by Crippen LogP contribution is -2.03. The number of hydrogen-bond acceptors (Lipinski definition) is 3. The molecule has 0 atom stereocenters. The van der Waals surface area contributed by atoms with Gasteiger partial charge >= 0.3 is 0 Å². The van der Waals surface area contributed by atoms with E-state index in [1.54, 1.807) is 0 Å². The summed E-state index contributed by atoms with van der Waals surface area (Å²) in [7, 11) is 1.51. The van der Waals surface area contributed by atoms with Gasteiger partial charge in [0, 0.05) is 6.42 Å². The van der Waals surface area contributed by atoms with Gasteiger partial charge in [-0.15, -0.1) is 0 Å². The van der Waals surface area contributed by atoms with Crippen molar-refractivity contribution in [3.63, 3.8) is 0 Å². The Hall–Kier alpha value is -1.51. The SMILES string of the molecule is CCOc1ccc(CC(=N)OC)cc1. The van der Waals surface area contributed by atoms with E-state index in [2.05, 4.69) is 0 Å². The van der Waals surface area contributed by atoms with Crippen LogP contribution in [0, 0.1) is 5.41 Å². The van der Waals surface area contributed by atoms with Gasteiger partial charge in [0.05, 0.1) is 13.7 Å². The van der Waals surface area contributed by atoms with E-state index in [1.807, 2.05) is 31.2 Å². The molecule has 14 heavy (non-hydrogen) atoms. The van der Waals surface area contributed by atoms with Crippen LogP contribution in [-0.2, 0) is 11.2 Å². The molecule has 0 aromatic heterocycles. The maximum absolute atomic E-state index is 7.36. The van der Waals surface area contributed by atoms with Crippen molar-refractivity contribution in [1.29, 1.82) is 5.41 Å². The molecule has 0 saturated carbocycles. The van der Waals surface area contributed by atoms with E-state index in [-0.39, 0.29) is 5.90 Å². The number of hydrogen-bond donors (Lipinski definition) is 1. The summed E-state index contributed by atoms with van der Waals surface area (Å²) in [5, 5.41) is 7.36. The van der Waals surface area contributed by atoms with E-state index in [4.69, 9.17) is 14.9 Å². The van der Waals surface area contributed by atoms with Gasteiger partial charge in [0.15, 0.2) is 5.90 Å². The summed E-state index contributed by atoms with van der Waals surface area (Å²) in [5.41, 5.74) is 1.06. The fourth-order valence-electron chi connectivity index (χ4n) is 1.13. The third-order valence-electron chi connectivity index (χ3n) is 1.85. The summed E-state index contributed by atoms with van der Waals surface area (Å²) in [6, 6.07) is 7.70. The van der Waals surface area contributed by atoms with Crippen LogP contribution in [0.25, 0.3) is 0 Å². The Kier molecular flexibility index (Phi) is 3.98. The normalized spacial score (nSPS) is 9.57. The molecule has 0 bridgehead atoms. The lowest BCUT2D eigenvalue weighted by atomic mass is 10.1. The highest BCUT2D eigenvalue weighted by Gasteiger charge is 1.99. The first-order valence-electron chi connectivity index (χ1n) is 4.59. The molecule has 76 valence electrons. The van der Waals surface area contributed by atoms with Crippen LogP contribution in [0.4, 0.5) is 0 Å². The first-order valence-corrected chi connectivity index (χ1v) is 4.59. The van der Waals surface area contributed by atoms with Crippen LogP contribution >= 0.6 is 0 Å². The molecule has 3 heteroatoms. The Labute approximate surface area is 84.2 Å². The van der Waals surface area contributed by atoms with Gasteiger partial charge in [-0.05, 0) is 24.6 Å². The summed E-state index contributed by atoms with van der Waals surface area (Å²) in [6.07, 6.45) is 0.531. The van der Waals surface area contributed by atoms with Gasteiger partial charge in [0.2, 0.25) is 0 Å². The second-order valence-corrected chi connectivity index (χ2v) is 2.88. The molecular weight excluding hydrogens is 178 g/mol. The minimum Gasteiger partial charge on any atom is -0.494 e. The molecule has 1 aromatic rings. The smallest absolute Gasteiger partial charge is 0.184 e. The Morgan fingerprint density at radius 1 is 1.29 bits per heavy atom. The zero-order valence-electron chi connectivity index (χ0n) is 8.54. The van der Waals surface area contributed by atoms with E-state index >= 15 is 0 Å². The molecule has 1 rings (SSSR count). The van der Waals surface area contributed by atoms with Crippen molar-refractivity contribution in [3.05, 3.63) is 29.8 Å². The second kappa shape index (κ2) is 5.27. The Morgan fingerprint density at radius 3 is 2.43 bits per heavy atom. The summed E-state index contributed by atoms with van der Waals surface area (Å²) in [5.74, 6) is 1.13. The minimum absolute atomic E-state index is 0.272. The van der Waals surface area contributed by atoms with Gasteiger partial charge in [-0.3, -0.25) is 5.41 Å². The average molecular weight is 193 g/mol. The van der Waals surface area contributed by atoms with Gasteiger partial charge in [-0.25, -0.2) is 0 Å². The van der Waals surface area contributed by atoms with Crippen molar-refractivity contribution in [3.8, 4) is 5.75 Å². The maximum atomic E-state index is 7.36. The highest BCUT2D eigenvalue weighted by atomic mass is 16.5. The second-order valence-electron chi connectivity index (χ2n) is 2.88. The number of benzene rings is 1. The molecule has 0 fully saturated rings. The highest BCUT2D eigenvalue weighted by Crippen LogP contribution is 2.12. The van der Waals surface area contributed by atoms with Crippen molar-refractivity contribution in [2.45, 2.75) is 13.3 Å². The van der Waals surface area contributed by atoms with Gasteiger partial charge in [0.25, 0.3) is 0 Å². The van der Waals surface area contributed by atoms with E-state index in [0.717, 1.165) is 11.3 Å². The topological polar surface area (TPSA) is 42.3 Å². The molecule has 0 aliphatic rings. The number of methoxy groups -OCH3 is 1. The molecule has 0 aliphatic carbocycles. The van der Waals surface area contributed by atoms with E-state index in [9.17, 15) is 0 Å². The Bertz CT molecular complexity index is 293. The third-order valence-corrected chi connectivity index (χ3v) is 1.85. The summed E-state index contributed by atoms with van der Waals surface area (Å²) < 4.78 is 10.1. The largest absolute Gasteiger partial charge is 0.494 e. The Balaban J connectivity index is 2.59. The molecule has 1 N–H and O–H groups in total. The van der Waals surface area contributed by atoms with Crippen molar-refractivity contribution in [2.75, 3.05) is 13.7 Å². The van der Waals surface area contributed by atoms with E-state index < -0.39 is 0 Å². The predicted octanol–water partition coefficient (Wildman–Crippen LogP) is 2.25. The van der Waals surface area contributed by atoms with Crippen LogP contribution in [0.5, 0.6) is 5.75 Å². The molecule has 0 radical (unpaired) electrons. The molecule has 0 unspecified atom stereocenters. The maximum Gasteiger partial charge on any atom is 0.184 e. The van der Waals surface area contributed by atoms with E-state index in [0.29, 0.717) is 13.0 Å². The fraction of sp³-hybridized carbons (Fsp3) is 0.364. The van der Waals surface area contributed by atoms with Crippen LogP contribution in [0.3, 0.4) is 0 Å². The summed E-state index contributed by atoms with van der Waals surface area (Å²) in [6.45, 7) is 2.63. The van der Waals surface area contributed by atoms with Crippen molar-refractivity contribution < 1.29 is 9.47 Å². The quantitative estimate of drug-likeness (QED) is 0.588. The zero-order chi connectivity index (χ0) is 10.4. The first kappa shape index (κ1) is 10.6. The standard InChI is InChI=1S/C11H15NO2/c1-3-14-10-6-4-9(5-7-10)8-11(12)13-2/h4-7,12H,3,8H2,1-2H3. The van der Waals surface area contributed by atoms with Crippen LogP contribution in [0.2, 0.25) is 0 Å². The lowest BCUT2D eigenvalue weighted by molar-refractivity contribution is 0.340. The highest BCUT2D eigenvalue weighted by molar-refractivity contribution is 5.75. The van der Waals surface area contributed by atoms with Gasteiger partial charge < -0.3 is 9.47 Å². The lowest BCUT2D eigenvalue weighted by Gasteiger charge is -2.05. The number of nitrogens with one attached hydrogen (secondary N) is 1. The molecule has 0 spiro atoms. The molecule has 0 aliphatic heterocycles. The molecular formula is C11H15NO2. The van der Waals surface area contributed by atoms with Crippen LogP contribution < -0.4 is 4.74 Å². The number of rotatable bonds is 4. The monoisotopic (exact) mass is 193 g/mol. The van der Waals surface area contributed by atoms with Crippen molar-refractivity contribution >= 4 is 5.90 Å². The molecule has 3 nitrogen and oxygen atoms in total. The van der Waals surface area contributed by atoms with Gasteiger partial charge in [-0.2, -0.15) is 0 Å². The minimum atomic E-state index is 0.272. The molecule has 0 saturated heterocycles. The van der Waals surface area contributed by atoms with Crippen LogP contribution in [0.15, 0.2) is 24.3 Å². The van der Waals surface area contributed by atoms with Crippen LogP contribution in [-0.4, -0.2) is 19.6 Å². The molecule has 1 aromatic carbocycles. The fourth-order valence-corrected chi connectivity index (χ4v) is 1.13. The molecule has 0 heterocycles. The zero-order valence-corrected chi connectivity index (χ0v) is 8.54.